The molecule has 2 aromatic rings. The van der Waals surface area contributed by atoms with Crippen molar-refractivity contribution in [2.24, 2.45) is 5.92 Å². The predicted molar refractivity (Wildman–Crippen MR) is 120 cm³/mol. The predicted octanol–water partition coefficient (Wildman–Crippen LogP) is 2.13. The zero-order valence-electron chi connectivity index (χ0n) is 17.5. The smallest absolute Gasteiger partial charge is 0.289 e. The van der Waals surface area contributed by atoms with Crippen molar-refractivity contribution >= 4 is 44.8 Å². The zero-order chi connectivity index (χ0) is 23.8. The summed E-state index contributed by atoms with van der Waals surface area (Å²) in [7, 11) is -4.08. The number of amides is 2. The summed E-state index contributed by atoms with van der Waals surface area (Å²) >= 11 is 6.01. The Morgan fingerprint density at radius 2 is 1.76 bits per heavy atom. The van der Waals surface area contributed by atoms with Crippen molar-refractivity contribution in [1.29, 1.82) is 0 Å². The number of benzene rings is 2. The van der Waals surface area contributed by atoms with E-state index in [1.54, 1.807) is 29.2 Å². The number of para-hydroxylation sites is 1. The topological polar surface area (TPSA) is 121 Å². The lowest BCUT2D eigenvalue weighted by atomic mass is 10.1. The van der Waals surface area contributed by atoms with Crippen LogP contribution in [0.2, 0.25) is 5.02 Å². The second-order valence-electron chi connectivity index (χ2n) is 7.84. The zero-order valence-corrected chi connectivity index (χ0v) is 19.0. The number of piperazine rings is 1. The summed E-state index contributed by atoms with van der Waals surface area (Å²) in [6.45, 7) is 0.533. The minimum Gasteiger partial charge on any atom is -0.340 e. The van der Waals surface area contributed by atoms with E-state index in [9.17, 15) is 28.1 Å². The molecule has 2 heterocycles. The molecule has 174 valence electrons. The lowest BCUT2D eigenvalue weighted by Gasteiger charge is -2.35. The van der Waals surface area contributed by atoms with Gasteiger partial charge in [-0.1, -0.05) is 29.8 Å². The van der Waals surface area contributed by atoms with E-state index in [4.69, 9.17) is 11.6 Å². The van der Waals surface area contributed by atoms with E-state index in [1.165, 1.54) is 23.1 Å². The molecule has 0 spiro atoms. The van der Waals surface area contributed by atoms with Crippen molar-refractivity contribution in [3.8, 4) is 0 Å². The van der Waals surface area contributed by atoms with E-state index < -0.39 is 26.6 Å². The lowest BCUT2D eigenvalue weighted by Crippen LogP contribution is -2.52. The maximum Gasteiger partial charge on any atom is 0.289 e. The standard InChI is InChI=1S/C21H21ClN4O6S/c22-16-4-3-5-17(13-16)25-14-15(12-20(25)27)21(28)23-8-10-24(11-9-23)33(31,32)19-7-2-1-6-18(19)26(29)30/h1-7,13,15H,8-12,14H2. The minimum atomic E-state index is -4.08. The number of nitro groups is 1. The van der Waals surface area contributed by atoms with Crippen molar-refractivity contribution in [3.05, 3.63) is 63.7 Å². The number of halogens is 1. The number of anilines is 1. The van der Waals surface area contributed by atoms with Crippen molar-refractivity contribution in [1.82, 2.24) is 9.21 Å². The van der Waals surface area contributed by atoms with Gasteiger partial charge >= 0.3 is 0 Å². The number of carbonyl (C=O) groups excluding carboxylic acids is 2. The average molecular weight is 493 g/mol. The molecule has 0 aliphatic carbocycles. The van der Waals surface area contributed by atoms with Gasteiger partial charge in [0.2, 0.25) is 21.8 Å². The van der Waals surface area contributed by atoms with Crippen LogP contribution in [0.4, 0.5) is 11.4 Å². The fourth-order valence-electron chi connectivity index (χ4n) is 4.14. The van der Waals surface area contributed by atoms with Gasteiger partial charge in [0.15, 0.2) is 4.90 Å². The van der Waals surface area contributed by atoms with Gasteiger partial charge in [-0.2, -0.15) is 4.31 Å². The van der Waals surface area contributed by atoms with E-state index in [0.717, 1.165) is 10.4 Å². The van der Waals surface area contributed by atoms with Gasteiger partial charge in [-0.15, -0.1) is 0 Å². The fraction of sp³-hybridized carbons (Fsp3) is 0.333. The molecule has 2 aromatic carbocycles. The third kappa shape index (κ3) is 4.56. The molecule has 0 N–H and O–H groups in total. The maximum absolute atomic E-state index is 13.0. The first kappa shape index (κ1) is 23.1. The third-order valence-electron chi connectivity index (χ3n) is 5.82. The molecule has 2 aliphatic heterocycles. The molecule has 1 unspecified atom stereocenters. The molecule has 2 fully saturated rings. The van der Waals surface area contributed by atoms with Crippen molar-refractivity contribution in [3.63, 3.8) is 0 Å². The number of hydrogen-bond donors (Lipinski definition) is 0. The van der Waals surface area contributed by atoms with E-state index in [0.29, 0.717) is 10.7 Å². The first-order valence-electron chi connectivity index (χ1n) is 10.3. The molecule has 4 rings (SSSR count). The highest BCUT2D eigenvalue weighted by Gasteiger charge is 2.40. The van der Waals surface area contributed by atoms with Crippen LogP contribution in [0.5, 0.6) is 0 Å². The normalized spacial score (nSPS) is 19.7. The number of hydrogen-bond acceptors (Lipinski definition) is 6. The summed E-state index contributed by atoms with van der Waals surface area (Å²) in [6, 6.07) is 12.0. The quantitative estimate of drug-likeness (QED) is 0.465. The van der Waals surface area contributed by atoms with Crippen LogP contribution in [0.1, 0.15) is 6.42 Å². The van der Waals surface area contributed by atoms with E-state index in [2.05, 4.69) is 0 Å². The van der Waals surface area contributed by atoms with Crippen LogP contribution < -0.4 is 4.90 Å². The first-order valence-corrected chi connectivity index (χ1v) is 12.1. The minimum absolute atomic E-state index is 0.0127. The van der Waals surface area contributed by atoms with Crippen LogP contribution in [0.15, 0.2) is 53.4 Å². The number of carbonyl (C=O) groups is 2. The van der Waals surface area contributed by atoms with Crippen molar-refractivity contribution in [2.75, 3.05) is 37.6 Å². The highest BCUT2D eigenvalue weighted by Crippen LogP contribution is 2.30. The third-order valence-corrected chi connectivity index (χ3v) is 8.01. The van der Waals surface area contributed by atoms with Gasteiger partial charge in [-0.25, -0.2) is 8.42 Å². The Kier molecular flexibility index (Phi) is 6.37. The average Bonchev–Trinajstić information content (AvgIpc) is 3.20. The summed E-state index contributed by atoms with van der Waals surface area (Å²) < 4.78 is 27.1. The molecule has 0 aromatic heterocycles. The van der Waals surface area contributed by atoms with Crippen molar-refractivity contribution in [2.45, 2.75) is 11.3 Å². The van der Waals surface area contributed by atoms with Crippen LogP contribution in [0.3, 0.4) is 0 Å². The molecule has 10 nitrogen and oxygen atoms in total. The molecular weight excluding hydrogens is 472 g/mol. The Bertz CT molecular complexity index is 1210. The Labute approximate surface area is 195 Å². The SMILES string of the molecule is O=C(C1CC(=O)N(c2cccc(Cl)c2)C1)N1CCN(S(=O)(=O)c2ccccc2[N+](=O)[O-])CC1. The molecule has 12 heteroatoms. The number of nitrogens with zero attached hydrogens (tertiary/aromatic N) is 4. The van der Waals surface area contributed by atoms with Crippen molar-refractivity contribution < 1.29 is 22.9 Å². The molecule has 2 saturated heterocycles. The molecule has 0 saturated carbocycles. The summed E-state index contributed by atoms with van der Waals surface area (Å²) in [6.07, 6.45) is 0.0695. The van der Waals surface area contributed by atoms with E-state index >= 15 is 0 Å². The summed E-state index contributed by atoms with van der Waals surface area (Å²) in [5.41, 5.74) is 0.143. The van der Waals surface area contributed by atoms with Gasteiger partial charge in [0.05, 0.1) is 10.8 Å². The number of sulfonamides is 1. The van der Waals surface area contributed by atoms with Gasteiger partial charge in [-0.3, -0.25) is 19.7 Å². The monoisotopic (exact) mass is 492 g/mol. The first-order chi connectivity index (χ1) is 15.7. The molecule has 1 atom stereocenters. The summed E-state index contributed by atoms with van der Waals surface area (Å²) in [5, 5.41) is 11.7. The van der Waals surface area contributed by atoms with Crippen LogP contribution in [-0.2, 0) is 19.6 Å². The van der Waals surface area contributed by atoms with Gasteiger partial charge in [0.25, 0.3) is 5.69 Å². The molecule has 2 aliphatic rings. The van der Waals surface area contributed by atoms with E-state index in [-0.39, 0.29) is 55.9 Å². The van der Waals surface area contributed by atoms with Gasteiger partial charge in [0, 0.05) is 55.9 Å². The largest absolute Gasteiger partial charge is 0.340 e. The summed E-state index contributed by atoms with van der Waals surface area (Å²) in [5.74, 6) is -0.918. The molecule has 0 bridgehead atoms. The highest BCUT2D eigenvalue weighted by molar-refractivity contribution is 7.89. The van der Waals surface area contributed by atoms with Gasteiger partial charge in [0.1, 0.15) is 0 Å². The van der Waals surface area contributed by atoms with E-state index in [1.807, 2.05) is 0 Å². The lowest BCUT2D eigenvalue weighted by molar-refractivity contribution is -0.387. The number of rotatable bonds is 5. The second kappa shape index (κ2) is 9.08. The maximum atomic E-state index is 13.0. The van der Waals surface area contributed by atoms with Gasteiger partial charge in [-0.05, 0) is 24.3 Å². The Morgan fingerprint density at radius 1 is 1.06 bits per heavy atom. The Hall–Kier alpha value is -3.02. The number of nitro benzene ring substituents is 1. The molecular formula is C21H21ClN4O6S. The molecule has 0 radical (unpaired) electrons. The molecule has 2 amide bonds. The van der Waals surface area contributed by atoms with Crippen LogP contribution in [-0.4, -0.2) is 67.1 Å². The Morgan fingerprint density at radius 3 is 2.42 bits per heavy atom. The Balaban J connectivity index is 1.42. The van der Waals surface area contributed by atoms with Crippen LogP contribution in [0, 0.1) is 16.0 Å². The highest BCUT2D eigenvalue weighted by atomic mass is 35.5. The van der Waals surface area contributed by atoms with Crippen LogP contribution in [0.25, 0.3) is 0 Å². The van der Waals surface area contributed by atoms with Gasteiger partial charge < -0.3 is 9.80 Å². The molecule has 33 heavy (non-hydrogen) atoms. The summed E-state index contributed by atoms with van der Waals surface area (Å²) in [4.78, 5) is 38.7. The van der Waals surface area contributed by atoms with Crippen LogP contribution >= 0.6 is 11.6 Å². The second-order valence-corrected chi connectivity index (χ2v) is 10.2. The fourth-order valence-corrected chi connectivity index (χ4v) is 5.90.